The van der Waals surface area contributed by atoms with E-state index in [9.17, 15) is 4.79 Å². The zero-order chi connectivity index (χ0) is 13.7. The van der Waals surface area contributed by atoms with Crippen LogP contribution in [0.3, 0.4) is 0 Å². The van der Waals surface area contributed by atoms with Crippen molar-refractivity contribution < 1.29 is 4.79 Å². The number of nitrogens with one attached hydrogen (secondary N) is 1. The zero-order valence-electron chi connectivity index (χ0n) is 9.68. The number of hydrogen-bond donors (Lipinski definition) is 1. The van der Waals surface area contributed by atoms with Crippen LogP contribution < -0.4 is 5.43 Å². The standard InChI is InChI=1S/C13H9Cl2N3O/c14-11-4-3-9(6-12(11)15)7-17-18-13(19)10-2-1-5-16-8-10/h1-8H,(H,18,19)/b17-7+. The van der Waals surface area contributed by atoms with Crippen molar-refractivity contribution in [3.05, 3.63) is 63.9 Å². The van der Waals surface area contributed by atoms with Crippen molar-refractivity contribution >= 4 is 35.3 Å². The first-order valence-electron chi connectivity index (χ1n) is 5.35. The number of hydrazone groups is 1. The molecule has 0 bridgehead atoms. The van der Waals surface area contributed by atoms with Gasteiger partial charge < -0.3 is 0 Å². The zero-order valence-corrected chi connectivity index (χ0v) is 11.2. The molecule has 1 aromatic carbocycles. The summed E-state index contributed by atoms with van der Waals surface area (Å²) < 4.78 is 0. The lowest BCUT2D eigenvalue weighted by Gasteiger charge is -1.99. The number of carbonyl (C=O) groups excluding carboxylic acids is 1. The number of aromatic nitrogens is 1. The molecule has 0 aliphatic carbocycles. The molecule has 2 rings (SSSR count). The third-order valence-corrected chi connectivity index (χ3v) is 2.99. The van der Waals surface area contributed by atoms with E-state index in [0.717, 1.165) is 5.56 Å². The third kappa shape index (κ3) is 3.77. The molecule has 0 aliphatic rings. The van der Waals surface area contributed by atoms with Gasteiger partial charge in [0.05, 0.1) is 21.8 Å². The van der Waals surface area contributed by atoms with Crippen LogP contribution in [0.4, 0.5) is 0 Å². The van der Waals surface area contributed by atoms with Gasteiger partial charge in [-0.3, -0.25) is 9.78 Å². The van der Waals surface area contributed by atoms with Crippen molar-refractivity contribution in [1.82, 2.24) is 10.4 Å². The predicted molar refractivity (Wildman–Crippen MR) is 75.8 cm³/mol. The van der Waals surface area contributed by atoms with Crippen LogP contribution in [-0.2, 0) is 0 Å². The molecule has 96 valence electrons. The number of halogens is 2. The van der Waals surface area contributed by atoms with Gasteiger partial charge in [-0.05, 0) is 29.8 Å². The number of benzene rings is 1. The van der Waals surface area contributed by atoms with E-state index >= 15 is 0 Å². The molecule has 1 aromatic heterocycles. The maximum absolute atomic E-state index is 11.6. The van der Waals surface area contributed by atoms with Crippen LogP contribution in [0, 0.1) is 0 Å². The van der Waals surface area contributed by atoms with Gasteiger partial charge in [0, 0.05) is 12.4 Å². The van der Waals surface area contributed by atoms with Crippen molar-refractivity contribution in [3.63, 3.8) is 0 Å². The van der Waals surface area contributed by atoms with E-state index in [1.165, 1.54) is 12.4 Å². The molecule has 0 unspecified atom stereocenters. The van der Waals surface area contributed by atoms with Gasteiger partial charge in [-0.15, -0.1) is 0 Å². The molecular weight excluding hydrogens is 285 g/mol. The fourth-order valence-corrected chi connectivity index (χ4v) is 1.63. The lowest BCUT2D eigenvalue weighted by Crippen LogP contribution is -2.17. The first kappa shape index (κ1) is 13.5. The molecule has 19 heavy (non-hydrogen) atoms. The van der Waals surface area contributed by atoms with Crippen LogP contribution in [-0.4, -0.2) is 17.1 Å². The number of nitrogens with zero attached hydrogens (tertiary/aromatic N) is 2. The molecule has 1 heterocycles. The molecule has 0 fully saturated rings. The number of hydrogen-bond acceptors (Lipinski definition) is 3. The molecule has 0 atom stereocenters. The maximum atomic E-state index is 11.6. The number of pyridine rings is 1. The fraction of sp³-hybridized carbons (Fsp3) is 0. The molecule has 2 aromatic rings. The first-order valence-corrected chi connectivity index (χ1v) is 6.11. The summed E-state index contributed by atoms with van der Waals surface area (Å²) in [6.45, 7) is 0. The largest absolute Gasteiger partial charge is 0.272 e. The minimum atomic E-state index is -0.329. The second kappa shape index (κ2) is 6.31. The maximum Gasteiger partial charge on any atom is 0.272 e. The molecule has 1 N–H and O–H groups in total. The summed E-state index contributed by atoms with van der Waals surface area (Å²) in [6.07, 6.45) is 4.54. The highest BCUT2D eigenvalue weighted by Crippen LogP contribution is 2.21. The second-order valence-corrected chi connectivity index (χ2v) is 4.43. The van der Waals surface area contributed by atoms with Gasteiger partial charge >= 0.3 is 0 Å². The summed E-state index contributed by atoms with van der Waals surface area (Å²) in [5, 5.41) is 4.74. The molecule has 0 saturated heterocycles. The van der Waals surface area contributed by atoms with Crippen molar-refractivity contribution in [1.29, 1.82) is 0 Å². The van der Waals surface area contributed by atoms with Crippen molar-refractivity contribution in [2.45, 2.75) is 0 Å². The van der Waals surface area contributed by atoms with Crippen molar-refractivity contribution in [2.24, 2.45) is 5.10 Å². The highest BCUT2D eigenvalue weighted by atomic mass is 35.5. The van der Waals surface area contributed by atoms with Crippen LogP contribution in [0.2, 0.25) is 10.0 Å². The van der Waals surface area contributed by atoms with Crippen LogP contribution in [0.1, 0.15) is 15.9 Å². The minimum Gasteiger partial charge on any atom is -0.267 e. The Hall–Kier alpha value is -1.91. The molecular formula is C13H9Cl2N3O. The number of carbonyl (C=O) groups is 1. The van der Waals surface area contributed by atoms with Crippen molar-refractivity contribution in [2.75, 3.05) is 0 Å². The Bertz CT molecular complexity index is 615. The van der Waals surface area contributed by atoms with Gasteiger partial charge in [-0.2, -0.15) is 5.10 Å². The monoisotopic (exact) mass is 293 g/mol. The lowest BCUT2D eigenvalue weighted by molar-refractivity contribution is 0.0955. The van der Waals surface area contributed by atoms with E-state index in [4.69, 9.17) is 23.2 Å². The van der Waals surface area contributed by atoms with E-state index in [1.807, 2.05) is 0 Å². The van der Waals surface area contributed by atoms with Gasteiger partial charge in [-0.25, -0.2) is 5.43 Å². The number of rotatable bonds is 3. The molecule has 4 nitrogen and oxygen atoms in total. The lowest BCUT2D eigenvalue weighted by atomic mass is 10.2. The average Bonchev–Trinajstić information content (AvgIpc) is 2.43. The van der Waals surface area contributed by atoms with E-state index in [1.54, 1.807) is 36.5 Å². The van der Waals surface area contributed by atoms with E-state index in [0.29, 0.717) is 15.6 Å². The summed E-state index contributed by atoms with van der Waals surface area (Å²) in [5.74, 6) is -0.329. The van der Waals surface area contributed by atoms with Gasteiger partial charge in [0.2, 0.25) is 0 Å². The van der Waals surface area contributed by atoms with Gasteiger partial charge in [0.1, 0.15) is 0 Å². The SMILES string of the molecule is O=C(N/N=C/c1ccc(Cl)c(Cl)c1)c1cccnc1. The molecule has 0 radical (unpaired) electrons. The second-order valence-electron chi connectivity index (χ2n) is 3.61. The Kier molecular flexibility index (Phi) is 4.49. The van der Waals surface area contributed by atoms with E-state index < -0.39 is 0 Å². The summed E-state index contributed by atoms with van der Waals surface area (Å²) in [5.41, 5.74) is 3.57. The van der Waals surface area contributed by atoms with Crippen molar-refractivity contribution in [3.8, 4) is 0 Å². The topological polar surface area (TPSA) is 54.4 Å². The Balaban J connectivity index is 2.00. The smallest absolute Gasteiger partial charge is 0.267 e. The molecule has 0 saturated carbocycles. The van der Waals surface area contributed by atoms with E-state index in [2.05, 4.69) is 15.5 Å². The van der Waals surface area contributed by atoms with Crippen LogP contribution in [0.25, 0.3) is 0 Å². The first-order chi connectivity index (χ1) is 9.16. The third-order valence-electron chi connectivity index (χ3n) is 2.25. The normalized spacial score (nSPS) is 10.6. The molecule has 0 spiro atoms. The van der Waals surface area contributed by atoms with Gasteiger partial charge in [-0.1, -0.05) is 29.3 Å². The highest BCUT2D eigenvalue weighted by molar-refractivity contribution is 6.42. The van der Waals surface area contributed by atoms with Crippen LogP contribution in [0.5, 0.6) is 0 Å². The quantitative estimate of drug-likeness (QED) is 0.698. The van der Waals surface area contributed by atoms with Gasteiger partial charge in [0.25, 0.3) is 5.91 Å². The average molecular weight is 294 g/mol. The summed E-state index contributed by atoms with van der Waals surface area (Å²) in [6, 6.07) is 8.39. The molecule has 1 amide bonds. The Morgan fingerprint density at radius 2 is 2.11 bits per heavy atom. The summed E-state index contributed by atoms with van der Waals surface area (Å²) in [4.78, 5) is 15.5. The Morgan fingerprint density at radius 1 is 1.26 bits per heavy atom. The molecule has 6 heteroatoms. The highest BCUT2D eigenvalue weighted by Gasteiger charge is 2.02. The summed E-state index contributed by atoms with van der Waals surface area (Å²) >= 11 is 11.7. The van der Waals surface area contributed by atoms with E-state index in [-0.39, 0.29) is 5.91 Å². The fourth-order valence-electron chi connectivity index (χ4n) is 1.32. The van der Waals surface area contributed by atoms with Gasteiger partial charge in [0.15, 0.2) is 0 Å². The predicted octanol–water partition coefficient (Wildman–Crippen LogP) is 3.15. The Labute approximate surface area is 120 Å². The van der Waals surface area contributed by atoms with Crippen LogP contribution >= 0.6 is 23.2 Å². The number of amides is 1. The molecule has 0 aliphatic heterocycles. The minimum absolute atomic E-state index is 0.329. The summed E-state index contributed by atoms with van der Waals surface area (Å²) in [7, 11) is 0. The van der Waals surface area contributed by atoms with Crippen LogP contribution in [0.15, 0.2) is 47.8 Å². The Morgan fingerprint density at radius 3 is 2.79 bits per heavy atom.